The van der Waals surface area contributed by atoms with Crippen LogP contribution >= 0.6 is 0 Å². The molecule has 0 amide bonds. The molecule has 1 aromatic carbocycles. The standard InChI is InChI=1S/C18H29NO2/c1-4-14-9-7-8-10-16(14)19-15-11-12-17(20-5-2)18(13-15)21-6-3/h11-14,16,19H,4-10H2,1-3H3. The van der Waals surface area contributed by atoms with Crippen LogP contribution in [0, 0.1) is 5.92 Å². The van der Waals surface area contributed by atoms with Crippen LogP contribution in [0.4, 0.5) is 5.69 Å². The number of hydrogen-bond donors (Lipinski definition) is 1. The van der Waals surface area contributed by atoms with Crippen molar-refractivity contribution in [2.24, 2.45) is 5.92 Å². The molecule has 3 heteroatoms. The molecule has 118 valence electrons. The molecule has 1 fully saturated rings. The smallest absolute Gasteiger partial charge is 0.163 e. The minimum atomic E-state index is 0.594. The van der Waals surface area contributed by atoms with E-state index in [1.165, 1.54) is 32.1 Å². The fourth-order valence-corrected chi connectivity index (χ4v) is 3.24. The Morgan fingerprint density at radius 2 is 1.71 bits per heavy atom. The average Bonchev–Trinajstić information content (AvgIpc) is 2.51. The van der Waals surface area contributed by atoms with E-state index in [1.54, 1.807) is 0 Å². The topological polar surface area (TPSA) is 30.5 Å². The van der Waals surface area contributed by atoms with Crippen molar-refractivity contribution in [2.45, 2.75) is 58.9 Å². The third-order valence-corrected chi connectivity index (χ3v) is 4.33. The van der Waals surface area contributed by atoms with Gasteiger partial charge in [0.1, 0.15) is 0 Å². The SMILES string of the molecule is CCOc1ccc(NC2CCCCC2CC)cc1OCC. The molecular weight excluding hydrogens is 262 g/mol. The van der Waals surface area contributed by atoms with Crippen LogP contribution < -0.4 is 14.8 Å². The molecule has 1 aliphatic carbocycles. The summed E-state index contributed by atoms with van der Waals surface area (Å²) in [6.45, 7) is 7.62. The van der Waals surface area contributed by atoms with Crippen molar-refractivity contribution in [3.63, 3.8) is 0 Å². The highest BCUT2D eigenvalue weighted by molar-refractivity contribution is 5.55. The van der Waals surface area contributed by atoms with Gasteiger partial charge in [0, 0.05) is 17.8 Å². The first-order valence-corrected chi connectivity index (χ1v) is 8.44. The van der Waals surface area contributed by atoms with Crippen molar-refractivity contribution < 1.29 is 9.47 Å². The van der Waals surface area contributed by atoms with Crippen LogP contribution in [0.5, 0.6) is 11.5 Å². The molecule has 0 aliphatic heterocycles. The minimum Gasteiger partial charge on any atom is -0.490 e. The maximum Gasteiger partial charge on any atom is 0.163 e. The zero-order valence-corrected chi connectivity index (χ0v) is 13.7. The first kappa shape index (κ1) is 16.0. The van der Waals surface area contributed by atoms with Gasteiger partial charge in [-0.15, -0.1) is 0 Å². The van der Waals surface area contributed by atoms with Crippen LogP contribution in [0.1, 0.15) is 52.9 Å². The maximum atomic E-state index is 5.71. The Morgan fingerprint density at radius 3 is 2.43 bits per heavy atom. The molecule has 1 aliphatic rings. The lowest BCUT2D eigenvalue weighted by Gasteiger charge is -2.32. The molecule has 0 saturated heterocycles. The summed E-state index contributed by atoms with van der Waals surface area (Å²) in [7, 11) is 0. The largest absolute Gasteiger partial charge is 0.490 e. The number of hydrogen-bond acceptors (Lipinski definition) is 3. The van der Waals surface area contributed by atoms with Crippen molar-refractivity contribution in [2.75, 3.05) is 18.5 Å². The number of anilines is 1. The molecule has 2 unspecified atom stereocenters. The maximum absolute atomic E-state index is 5.71. The van der Waals surface area contributed by atoms with Gasteiger partial charge >= 0.3 is 0 Å². The van der Waals surface area contributed by atoms with E-state index in [9.17, 15) is 0 Å². The van der Waals surface area contributed by atoms with E-state index < -0.39 is 0 Å². The predicted molar refractivity (Wildman–Crippen MR) is 88.4 cm³/mol. The number of nitrogens with one attached hydrogen (secondary N) is 1. The first-order valence-electron chi connectivity index (χ1n) is 8.44. The predicted octanol–water partition coefficient (Wildman–Crippen LogP) is 4.86. The van der Waals surface area contributed by atoms with E-state index in [0.717, 1.165) is 23.1 Å². The lowest BCUT2D eigenvalue weighted by atomic mass is 9.83. The third-order valence-electron chi connectivity index (χ3n) is 4.33. The first-order chi connectivity index (χ1) is 10.3. The highest BCUT2D eigenvalue weighted by Gasteiger charge is 2.23. The number of benzene rings is 1. The molecular formula is C18H29NO2. The monoisotopic (exact) mass is 291 g/mol. The van der Waals surface area contributed by atoms with E-state index in [2.05, 4.69) is 24.4 Å². The average molecular weight is 291 g/mol. The van der Waals surface area contributed by atoms with Gasteiger partial charge in [-0.3, -0.25) is 0 Å². The zero-order chi connectivity index (χ0) is 15.1. The zero-order valence-electron chi connectivity index (χ0n) is 13.7. The van der Waals surface area contributed by atoms with Crippen LogP contribution in [0.25, 0.3) is 0 Å². The van der Waals surface area contributed by atoms with E-state index >= 15 is 0 Å². The highest BCUT2D eigenvalue weighted by Crippen LogP contribution is 2.34. The van der Waals surface area contributed by atoms with Gasteiger partial charge in [0.2, 0.25) is 0 Å². The third kappa shape index (κ3) is 4.29. The molecule has 0 radical (unpaired) electrons. The molecule has 0 aromatic heterocycles. The van der Waals surface area contributed by atoms with Gasteiger partial charge in [0.25, 0.3) is 0 Å². The quantitative estimate of drug-likeness (QED) is 0.778. The summed E-state index contributed by atoms with van der Waals surface area (Å²) in [5.41, 5.74) is 1.15. The molecule has 1 aromatic rings. The Kier molecular flexibility index (Phi) is 6.21. The van der Waals surface area contributed by atoms with Crippen LogP contribution in [0.3, 0.4) is 0 Å². The fraction of sp³-hybridized carbons (Fsp3) is 0.667. The lowest BCUT2D eigenvalue weighted by Crippen LogP contribution is -2.31. The van der Waals surface area contributed by atoms with Crippen LogP contribution in [-0.4, -0.2) is 19.3 Å². The summed E-state index contributed by atoms with van der Waals surface area (Å²) in [6, 6.07) is 6.79. The molecule has 2 atom stereocenters. The molecule has 2 rings (SSSR count). The summed E-state index contributed by atoms with van der Waals surface area (Å²) in [5.74, 6) is 2.47. The van der Waals surface area contributed by atoms with Gasteiger partial charge in [-0.2, -0.15) is 0 Å². The molecule has 21 heavy (non-hydrogen) atoms. The van der Waals surface area contributed by atoms with Crippen molar-refractivity contribution in [1.82, 2.24) is 0 Å². The number of ether oxygens (including phenoxy) is 2. The molecule has 0 bridgehead atoms. The van der Waals surface area contributed by atoms with Crippen LogP contribution in [0.2, 0.25) is 0 Å². The van der Waals surface area contributed by atoms with E-state index in [0.29, 0.717) is 19.3 Å². The summed E-state index contributed by atoms with van der Waals surface area (Å²) in [5, 5.41) is 3.71. The number of rotatable bonds is 7. The summed E-state index contributed by atoms with van der Waals surface area (Å²) < 4.78 is 11.3. The second-order valence-corrected chi connectivity index (χ2v) is 5.73. The van der Waals surface area contributed by atoms with Gasteiger partial charge < -0.3 is 14.8 Å². The Morgan fingerprint density at radius 1 is 1.00 bits per heavy atom. The van der Waals surface area contributed by atoms with Crippen molar-refractivity contribution in [3.8, 4) is 11.5 Å². The molecule has 3 nitrogen and oxygen atoms in total. The normalized spacial score (nSPS) is 21.9. The van der Waals surface area contributed by atoms with Gasteiger partial charge in [-0.25, -0.2) is 0 Å². The Balaban J connectivity index is 2.10. The van der Waals surface area contributed by atoms with Crippen LogP contribution in [0.15, 0.2) is 18.2 Å². The Bertz CT molecular complexity index is 433. The second-order valence-electron chi connectivity index (χ2n) is 5.73. The van der Waals surface area contributed by atoms with Gasteiger partial charge in [-0.1, -0.05) is 26.2 Å². The van der Waals surface area contributed by atoms with Crippen LogP contribution in [-0.2, 0) is 0 Å². The lowest BCUT2D eigenvalue weighted by molar-refractivity contribution is 0.287. The van der Waals surface area contributed by atoms with E-state index in [1.807, 2.05) is 19.9 Å². The van der Waals surface area contributed by atoms with E-state index in [4.69, 9.17) is 9.47 Å². The van der Waals surface area contributed by atoms with E-state index in [-0.39, 0.29) is 0 Å². The molecule has 1 N–H and O–H groups in total. The molecule has 0 heterocycles. The molecule has 0 spiro atoms. The second kappa shape index (κ2) is 8.16. The summed E-state index contributed by atoms with van der Waals surface area (Å²) in [4.78, 5) is 0. The van der Waals surface area contributed by atoms with Crippen molar-refractivity contribution in [1.29, 1.82) is 0 Å². The Labute approximate surface area is 129 Å². The molecule has 1 saturated carbocycles. The van der Waals surface area contributed by atoms with Gasteiger partial charge in [-0.05, 0) is 44.7 Å². The minimum absolute atomic E-state index is 0.594. The van der Waals surface area contributed by atoms with Gasteiger partial charge in [0.15, 0.2) is 11.5 Å². The van der Waals surface area contributed by atoms with Crippen molar-refractivity contribution >= 4 is 5.69 Å². The summed E-state index contributed by atoms with van der Waals surface area (Å²) in [6.07, 6.45) is 6.60. The van der Waals surface area contributed by atoms with Gasteiger partial charge in [0.05, 0.1) is 13.2 Å². The highest BCUT2D eigenvalue weighted by atomic mass is 16.5. The Hall–Kier alpha value is -1.38. The summed E-state index contributed by atoms with van der Waals surface area (Å²) >= 11 is 0. The van der Waals surface area contributed by atoms with Crippen molar-refractivity contribution in [3.05, 3.63) is 18.2 Å². The fourth-order valence-electron chi connectivity index (χ4n) is 3.24.